The molecule has 0 aliphatic carbocycles. The third-order valence-electron chi connectivity index (χ3n) is 4.95. The van der Waals surface area contributed by atoms with Crippen LogP contribution in [0.15, 0.2) is 42.5 Å². The molecule has 0 spiro atoms. The van der Waals surface area contributed by atoms with Gasteiger partial charge in [-0.2, -0.15) is 0 Å². The largest absolute Gasteiger partial charge is 0.396 e. The molecule has 1 saturated heterocycles. The number of halogens is 1. The first-order valence-corrected chi connectivity index (χ1v) is 8.80. The lowest BCUT2D eigenvalue weighted by Gasteiger charge is -2.31. The number of hydrogen-bond acceptors (Lipinski definition) is 3. The van der Waals surface area contributed by atoms with E-state index in [9.17, 15) is 19.1 Å². The minimum atomic E-state index is -0.427. The van der Waals surface area contributed by atoms with Crippen molar-refractivity contribution < 1.29 is 19.1 Å². The normalized spacial score (nSPS) is 15.1. The van der Waals surface area contributed by atoms with Gasteiger partial charge in [-0.25, -0.2) is 4.39 Å². The first-order valence-electron chi connectivity index (χ1n) is 8.80. The molecule has 0 saturated carbocycles. The van der Waals surface area contributed by atoms with E-state index in [1.807, 2.05) is 0 Å². The van der Waals surface area contributed by atoms with Crippen LogP contribution in [0.2, 0.25) is 0 Å². The van der Waals surface area contributed by atoms with Crippen molar-refractivity contribution in [3.8, 4) is 11.1 Å². The second-order valence-electron chi connectivity index (χ2n) is 6.75. The van der Waals surface area contributed by atoms with Crippen LogP contribution >= 0.6 is 0 Å². The lowest BCUT2D eigenvalue weighted by molar-refractivity contribution is 0.0651. The smallest absolute Gasteiger partial charge is 0.253 e. The predicted molar refractivity (Wildman–Crippen MR) is 97.6 cm³/mol. The second-order valence-corrected chi connectivity index (χ2v) is 6.75. The fourth-order valence-electron chi connectivity index (χ4n) is 3.29. The molecule has 136 valence electrons. The maximum Gasteiger partial charge on any atom is 0.253 e. The third-order valence-corrected chi connectivity index (χ3v) is 4.95. The number of carbonyl (C=O) groups excluding carboxylic acids is 2. The highest BCUT2D eigenvalue weighted by atomic mass is 19.1. The monoisotopic (exact) mass is 355 g/mol. The quantitative estimate of drug-likeness (QED) is 0.854. The molecule has 1 N–H and O–H groups in total. The van der Waals surface area contributed by atoms with Crippen LogP contribution in [-0.2, 0) is 0 Å². The summed E-state index contributed by atoms with van der Waals surface area (Å²) in [5, 5.41) is 9.22. The average molecular weight is 355 g/mol. The average Bonchev–Trinajstić information content (AvgIpc) is 2.67. The number of amides is 1. The summed E-state index contributed by atoms with van der Waals surface area (Å²) >= 11 is 0. The van der Waals surface area contributed by atoms with Gasteiger partial charge in [-0.1, -0.05) is 12.1 Å². The van der Waals surface area contributed by atoms with E-state index in [4.69, 9.17) is 0 Å². The van der Waals surface area contributed by atoms with Gasteiger partial charge >= 0.3 is 0 Å². The zero-order chi connectivity index (χ0) is 18.7. The van der Waals surface area contributed by atoms with Crippen molar-refractivity contribution in [2.45, 2.75) is 19.8 Å². The van der Waals surface area contributed by atoms with E-state index in [1.54, 1.807) is 29.2 Å². The third kappa shape index (κ3) is 3.83. The number of nitrogens with zero attached hydrogens (tertiary/aromatic N) is 1. The number of rotatable bonds is 4. The molecule has 1 heterocycles. The Kier molecular flexibility index (Phi) is 5.47. The van der Waals surface area contributed by atoms with E-state index in [2.05, 4.69) is 0 Å². The maximum absolute atomic E-state index is 14.3. The molecule has 0 atom stereocenters. The number of likely N-dealkylation sites (tertiary alicyclic amines) is 1. The molecule has 5 heteroatoms. The molecule has 1 aliphatic rings. The Morgan fingerprint density at radius 1 is 1.12 bits per heavy atom. The van der Waals surface area contributed by atoms with Crippen LogP contribution in [0.5, 0.6) is 0 Å². The highest BCUT2D eigenvalue weighted by molar-refractivity contribution is 5.97. The Morgan fingerprint density at radius 2 is 1.85 bits per heavy atom. The second kappa shape index (κ2) is 7.79. The van der Waals surface area contributed by atoms with Crippen LogP contribution in [0.3, 0.4) is 0 Å². The van der Waals surface area contributed by atoms with Crippen LogP contribution in [0.25, 0.3) is 11.1 Å². The van der Waals surface area contributed by atoms with Gasteiger partial charge in [0, 0.05) is 36.4 Å². The molecule has 3 rings (SSSR count). The summed E-state index contributed by atoms with van der Waals surface area (Å²) < 4.78 is 14.3. The Morgan fingerprint density at radius 3 is 2.50 bits per heavy atom. The van der Waals surface area contributed by atoms with Gasteiger partial charge in [-0.15, -0.1) is 0 Å². The number of Topliss-reactive ketones (excluding diaryl/α,β-unsaturated/α-hetero) is 1. The van der Waals surface area contributed by atoms with Crippen LogP contribution in [0.1, 0.15) is 40.5 Å². The molecule has 1 fully saturated rings. The summed E-state index contributed by atoms with van der Waals surface area (Å²) in [7, 11) is 0. The van der Waals surface area contributed by atoms with Gasteiger partial charge in [0.1, 0.15) is 5.82 Å². The van der Waals surface area contributed by atoms with Gasteiger partial charge in [0.05, 0.1) is 0 Å². The van der Waals surface area contributed by atoms with Gasteiger partial charge in [0.2, 0.25) is 0 Å². The molecule has 2 aromatic rings. The predicted octanol–water partition coefficient (Wildman–Crippen LogP) is 3.54. The van der Waals surface area contributed by atoms with Crippen molar-refractivity contribution in [2.24, 2.45) is 5.92 Å². The Hall–Kier alpha value is -2.53. The number of ketones is 1. The van der Waals surface area contributed by atoms with Crippen molar-refractivity contribution in [1.82, 2.24) is 4.90 Å². The molecule has 0 aromatic heterocycles. The van der Waals surface area contributed by atoms with Crippen molar-refractivity contribution in [2.75, 3.05) is 19.7 Å². The van der Waals surface area contributed by atoms with Gasteiger partial charge in [0.15, 0.2) is 5.78 Å². The fourth-order valence-corrected chi connectivity index (χ4v) is 3.29. The number of carbonyl (C=O) groups is 2. The van der Waals surface area contributed by atoms with Gasteiger partial charge < -0.3 is 10.0 Å². The standard InChI is InChI=1S/C21H22FNO3/c1-14(25)16-5-6-20(22)19(12-16)17-3-2-4-18(11-17)21(26)23-9-7-15(13-24)8-10-23/h2-6,11-12,15,24H,7-10,13H2,1H3. The molecule has 0 radical (unpaired) electrons. The van der Waals surface area contributed by atoms with Crippen molar-refractivity contribution >= 4 is 11.7 Å². The highest BCUT2D eigenvalue weighted by Crippen LogP contribution is 2.26. The Balaban J connectivity index is 1.86. The van der Waals surface area contributed by atoms with Gasteiger partial charge in [-0.3, -0.25) is 9.59 Å². The topological polar surface area (TPSA) is 57.6 Å². The van der Waals surface area contributed by atoms with Crippen LogP contribution < -0.4 is 0 Å². The summed E-state index contributed by atoms with van der Waals surface area (Å²) in [4.78, 5) is 26.1. The lowest BCUT2D eigenvalue weighted by Crippen LogP contribution is -2.39. The van der Waals surface area contributed by atoms with Gasteiger partial charge in [-0.05, 0) is 61.6 Å². The molecular formula is C21H22FNO3. The highest BCUT2D eigenvalue weighted by Gasteiger charge is 2.23. The Bertz CT molecular complexity index is 826. The fraction of sp³-hybridized carbons (Fsp3) is 0.333. The number of piperidine rings is 1. The Labute approximate surface area is 152 Å². The van der Waals surface area contributed by atoms with E-state index in [-0.39, 0.29) is 24.2 Å². The van der Waals surface area contributed by atoms with E-state index < -0.39 is 5.82 Å². The van der Waals surface area contributed by atoms with E-state index in [1.165, 1.54) is 25.1 Å². The van der Waals surface area contributed by atoms with Crippen molar-refractivity contribution in [1.29, 1.82) is 0 Å². The number of benzene rings is 2. The van der Waals surface area contributed by atoms with E-state index >= 15 is 0 Å². The van der Waals surface area contributed by atoms with Crippen LogP contribution in [0, 0.1) is 11.7 Å². The molecular weight excluding hydrogens is 333 g/mol. The first kappa shape index (κ1) is 18.3. The summed E-state index contributed by atoms with van der Waals surface area (Å²) in [5.74, 6) is -0.395. The maximum atomic E-state index is 14.3. The van der Waals surface area contributed by atoms with Crippen LogP contribution in [-0.4, -0.2) is 41.4 Å². The molecule has 0 unspecified atom stereocenters. The van der Waals surface area contributed by atoms with Crippen LogP contribution in [0.4, 0.5) is 4.39 Å². The lowest BCUT2D eigenvalue weighted by atomic mass is 9.96. The SMILES string of the molecule is CC(=O)c1ccc(F)c(-c2cccc(C(=O)N3CCC(CO)CC3)c2)c1. The minimum Gasteiger partial charge on any atom is -0.396 e. The molecule has 2 aromatic carbocycles. The first-order chi connectivity index (χ1) is 12.5. The molecule has 26 heavy (non-hydrogen) atoms. The molecule has 1 amide bonds. The molecule has 1 aliphatic heterocycles. The van der Waals surface area contributed by atoms with E-state index in [0.717, 1.165) is 12.8 Å². The van der Waals surface area contributed by atoms with Gasteiger partial charge in [0.25, 0.3) is 5.91 Å². The molecule has 0 bridgehead atoms. The summed E-state index contributed by atoms with van der Waals surface area (Å²) in [6.45, 7) is 2.82. The number of hydrogen-bond donors (Lipinski definition) is 1. The zero-order valence-corrected chi connectivity index (χ0v) is 14.7. The number of aliphatic hydroxyl groups excluding tert-OH is 1. The summed E-state index contributed by atoms with van der Waals surface area (Å²) in [5.41, 5.74) is 1.81. The van der Waals surface area contributed by atoms with Crippen molar-refractivity contribution in [3.05, 3.63) is 59.4 Å². The summed E-state index contributed by atoms with van der Waals surface area (Å²) in [6, 6.07) is 11.1. The minimum absolute atomic E-state index is 0.0913. The number of aliphatic hydroxyl groups is 1. The van der Waals surface area contributed by atoms with E-state index in [0.29, 0.717) is 35.3 Å². The zero-order valence-electron chi connectivity index (χ0n) is 14.7. The summed E-state index contributed by atoms with van der Waals surface area (Å²) in [6.07, 6.45) is 1.58. The van der Waals surface area contributed by atoms with Crippen molar-refractivity contribution in [3.63, 3.8) is 0 Å². The molecule has 4 nitrogen and oxygen atoms in total.